The monoisotopic (exact) mass is 385 g/mol. The topological polar surface area (TPSA) is 54.3 Å². The molecule has 0 spiro atoms. The number of aromatic nitrogens is 3. The molecule has 1 aromatic heterocycles. The molecule has 2 aliphatic heterocycles. The van der Waals surface area contributed by atoms with Crippen LogP contribution in [-0.4, -0.2) is 63.1 Å². The number of hydrogen-bond acceptors (Lipinski definition) is 5. The largest absolute Gasteiger partial charge is 0.337 e. The number of benzene rings is 1. The lowest BCUT2D eigenvalue weighted by atomic mass is 10.0. The van der Waals surface area contributed by atoms with Gasteiger partial charge in [0.05, 0.1) is 12.2 Å². The number of carbonyl (C=O) groups is 1. The van der Waals surface area contributed by atoms with Crippen molar-refractivity contribution >= 4 is 17.7 Å². The van der Waals surface area contributed by atoms with Crippen molar-refractivity contribution in [2.45, 2.75) is 43.2 Å². The zero-order valence-corrected chi connectivity index (χ0v) is 16.7. The molecule has 0 bridgehead atoms. The fourth-order valence-corrected chi connectivity index (χ4v) is 4.42. The predicted molar refractivity (Wildman–Crippen MR) is 107 cm³/mol. The van der Waals surface area contributed by atoms with Crippen LogP contribution in [0, 0.1) is 0 Å². The number of piperidine rings is 1. The number of carbonyl (C=O) groups excluding carboxylic acids is 1. The molecular formula is C20H27N5OS. The van der Waals surface area contributed by atoms with E-state index < -0.39 is 0 Å². The molecule has 2 aromatic rings. The van der Waals surface area contributed by atoms with E-state index in [0.29, 0.717) is 5.69 Å². The van der Waals surface area contributed by atoms with Crippen LogP contribution in [0.15, 0.2) is 35.4 Å². The molecule has 1 aromatic carbocycles. The van der Waals surface area contributed by atoms with Gasteiger partial charge in [-0.15, -0.1) is 16.9 Å². The fourth-order valence-electron chi connectivity index (χ4n) is 4.02. The first-order valence-electron chi connectivity index (χ1n) is 9.79. The van der Waals surface area contributed by atoms with Crippen molar-refractivity contribution in [3.05, 3.63) is 41.7 Å². The van der Waals surface area contributed by atoms with Crippen LogP contribution in [0.5, 0.6) is 0 Å². The number of hydrogen-bond donors (Lipinski definition) is 0. The highest BCUT2D eigenvalue weighted by Crippen LogP contribution is 2.23. The van der Waals surface area contributed by atoms with Crippen molar-refractivity contribution in [2.75, 3.05) is 32.4 Å². The summed E-state index contributed by atoms with van der Waals surface area (Å²) in [6.45, 7) is 4.70. The fraction of sp³-hybridized carbons (Fsp3) is 0.550. The van der Waals surface area contributed by atoms with Crippen LogP contribution in [0.3, 0.4) is 0 Å². The van der Waals surface area contributed by atoms with Crippen LogP contribution < -0.4 is 0 Å². The molecule has 0 saturated carbocycles. The molecule has 3 heterocycles. The van der Waals surface area contributed by atoms with Crippen molar-refractivity contribution < 1.29 is 4.79 Å². The van der Waals surface area contributed by atoms with Gasteiger partial charge in [0.2, 0.25) is 0 Å². The quantitative estimate of drug-likeness (QED) is 0.741. The van der Waals surface area contributed by atoms with Crippen molar-refractivity contribution in [3.8, 4) is 0 Å². The molecular weight excluding hydrogens is 358 g/mol. The highest BCUT2D eigenvalue weighted by molar-refractivity contribution is 7.98. The van der Waals surface area contributed by atoms with Gasteiger partial charge in [0.1, 0.15) is 0 Å². The number of rotatable bonds is 5. The number of thioether (sulfide) groups is 1. The Balaban J connectivity index is 1.38. The minimum atomic E-state index is 0.0281. The lowest BCUT2D eigenvalue weighted by Crippen LogP contribution is -2.36. The van der Waals surface area contributed by atoms with E-state index in [4.69, 9.17) is 0 Å². The van der Waals surface area contributed by atoms with Crippen LogP contribution in [0.25, 0.3) is 0 Å². The molecule has 6 nitrogen and oxygen atoms in total. The first-order chi connectivity index (χ1) is 13.2. The molecule has 1 amide bonds. The molecule has 1 unspecified atom stereocenters. The summed E-state index contributed by atoms with van der Waals surface area (Å²) >= 11 is 1.77. The third-order valence-corrected chi connectivity index (χ3v) is 6.29. The Labute approximate surface area is 164 Å². The van der Waals surface area contributed by atoms with Gasteiger partial charge in [-0.05, 0) is 56.2 Å². The maximum Gasteiger partial charge on any atom is 0.276 e. The summed E-state index contributed by atoms with van der Waals surface area (Å²) in [6.07, 6.45) is 8.36. The summed E-state index contributed by atoms with van der Waals surface area (Å²) in [7, 11) is 0. The SMILES string of the molecule is CSc1ccc(CN2CCCC(n3cc(C(=O)N4CCCC4)nn3)C2)cc1. The maximum atomic E-state index is 12.5. The average molecular weight is 386 g/mol. The van der Waals surface area contributed by atoms with Crippen LogP contribution in [0.4, 0.5) is 0 Å². The number of nitrogens with zero attached hydrogens (tertiary/aromatic N) is 5. The van der Waals surface area contributed by atoms with Gasteiger partial charge in [0.25, 0.3) is 5.91 Å². The smallest absolute Gasteiger partial charge is 0.276 e. The summed E-state index contributed by atoms with van der Waals surface area (Å²) in [5.41, 5.74) is 1.83. The first-order valence-corrected chi connectivity index (χ1v) is 11.0. The minimum absolute atomic E-state index is 0.0281. The lowest BCUT2D eigenvalue weighted by molar-refractivity contribution is 0.0787. The molecule has 144 valence electrons. The summed E-state index contributed by atoms with van der Waals surface area (Å²) in [5, 5.41) is 8.45. The first kappa shape index (κ1) is 18.5. The number of likely N-dealkylation sites (tertiary alicyclic amines) is 2. The number of amides is 1. The van der Waals surface area contributed by atoms with Gasteiger partial charge in [0, 0.05) is 31.1 Å². The van der Waals surface area contributed by atoms with Gasteiger partial charge in [0.15, 0.2) is 5.69 Å². The maximum absolute atomic E-state index is 12.5. The summed E-state index contributed by atoms with van der Waals surface area (Å²) in [6, 6.07) is 9.11. The van der Waals surface area contributed by atoms with Crippen molar-refractivity contribution in [1.29, 1.82) is 0 Å². The van der Waals surface area contributed by atoms with E-state index in [9.17, 15) is 4.79 Å². The zero-order chi connectivity index (χ0) is 18.6. The Morgan fingerprint density at radius 3 is 2.67 bits per heavy atom. The van der Waals surface area contributed by atoms with Gasteiger partial charge in [-0.1, -0.05) is 17.3 Å². The third-order valence-electron chi connectivity index (χ3n) is 5.54. The van der Waals surface area contributed by atoms with Gasteiger partial charge < -0.3 is 4.90 Å². The average Bonchev–Trinajstić information content (AvgIpc) is 3.41. The summed E-state index contributed by atoms with van der Waals surface area (Å²) in [4.78, 5) is 18.2. The van der Waals surface area contributed by atoms with Gasteiger partial charge >= 0.3 is 0 Å². The van der Waals surface area contributed by atoms with Crippen molar-refractivity contribution in [3.63, 3.8) is 0 Å². The Bertz CT molecular complexity index is 769. The molecule has 27 heavy (non-hydrogen) atoms. The van der Waals surface area contributed by atoms with E-state index in [-0.39, 0.29) is 11.9 Å². The van der Waals surface area contributed by atoms with Gasteiger partial charge in [-0.3, -0.25) is 9.69 Å². The second kappa shape index (κ2) is 8.44. The highest BCUT2D eigenvalue weighted by Gasteiger charge is 2.26. The molecule has 2 aliphatic rings. The van der Waals surface area contributed by atoms with Gasteiger partial charge in [-0.2, -0.15) is 0 Å². The molecule has 2 fully saturated rings. The Morgan fingerprint density at radius 2 is 1.93 bits per heavy atom. The van der Waals surface area contributed by atoms with E-state index >= 15 is 0 Å². The second-order valence-electron chi connectivity index (χ2n) is 7.46. The van der Waals surface area contributed by atoms with E-state index in [1.54, 1.807) is 11.8 Å². The predicted octanol–water partition coefficient (Wildman–Crippen LogP) is 3.07. The van der Waals surface area contributed by atoms with Crippen molar-refractivity contribution in [1.82, 2.24) is 24.8 Å². The molecule has 0 radical (unpaired) electrons. The summed E-state index contributed by atoms with van der Waals surface area (Å²) in [5.74, 6) is 0.0281. The normalized spacial score (nSPS) is 20.9. The van der Waals surface area contributed by atoms with E-state index in [1.807, 2.05) is 15.8 Å². The molecule has 7 heteroatoms. The molecule has 0 N–H and O–H groups in total. The lowest BCUT2D eigenvalue weighted by Gasteiger charge is -2.32. The van der Waals surface area contributed by atoms with E-state index in [1.165, 1.54) is 10.5 Å². The second-order valence-corrected chi connectivity index (χ2v) is 8.34. The molecule has 2 saturated heterocycles. The van der Waals surface area contributed by atoms with Crippen molar-refractivity contribution in [2.24, 2.45) is 0 Å². The Hall–Kier alpha value is -1.86. The van der Waals surface area contributed by atoms with E-state index in [2.05, 4.69) is 45.7 Å². The van der Waals surface area contributed by atoms with Crippen LogP contribution in [0.2, 0.25) is 0 Å². The molecule has 1 atom stereocenters. The van der Waals surface area contributed by atoms with E-state index in [0.717, 1.165) is 58.4 Å². The highest BCUT2D eigenvalue weighted by atomic mass is 32.2. The Morgan fingerprint density at radius 1 is 1.15 bits per heavy atom. The third kappa shape index (κ3) is 4.35. The summed E-state index contributed by atoms with van der Waals surface area (Å²) < 4.78 is 1.91. The molecule has 4 rings (SSSR count). The zero-order valence-electron chi connectivity index (χ0n) is 15.9. The van der Waals surface area contributed by atoms with Gasteiger partial charge in [-0.25, -0.2) is 4.68 Å². The van der Waals surface area contributed by atoms with Crippen LogP contribution in [0.1, 0.15) is 47.8 Å². The standard InChI is InChI=1S/C20H27N5OS/c1-27-18-8-6-16(7-9-18)13-23-10-4-5-17(14-23)25-15-19(21-22-25)20(26)24-11-2-3-12-24/h6-9,15,17H,2-5,10-14H2,1H3. The van der Waals surface area contributed by atoms with Crippen LogP contribution >= 0.6 is 11.8 Å². The molecule has 0 aliphatic carbocycles. The van der Waals surface area contributed by atoms with Crippen LogP contribution in [-0.2, 0) is 6.54 Å². The minimum Gasteiger partial charge on any atom is -0.337 e. The Kier molecular flexibility index (Phi) is 5.78.